The van der Waals surface area contributed by atoms with Crippen molar-refractivity contribution in [3.8, 4) is 0 Å². The minimum absolute atomic E-state index is 0.0274. The van der Waals surface area contributed by atoms with E-state index in [-0.39, 0.29) is 24.7 Å². The van der Waals surface area contributed by atoms with Gasteiger partial charge < -0.3 is 10.1 Å². The first-order chi connectivity index (χ1) is 14.5. The summed E-state index contributed by atoms with van der Waals surface area (Å²) in [5, 5.41) is 2.83. The SMILES string of the molecule is CCOC(=O)[C@@H]1C(=O)C2=C(C[C@@H]1c1ccccc1)NC(=O)C[C@H]2c1cccc(F)c1. The minimum atomic E-state index is -1.00. The quantitative estimate of drug-likeness (QED) is 0.621. The highest BCUT2D eigenvalue weighted by atomic mass is 19.1. The third-order valence-electron chi connectivity index (χ3n) is 5.75. The number of nitrogens with one attached hydrogen (secondary N) is 1. The van der Waals surface area contributed by atoms with Gasteiger partial charge in [0.2, 0.25) is 5.91 Å². The molecule has 1 N–H and O–H groups in total. The number of hydrogen-bond donors (Lipinski definition) is 1. The van der Waals surface area contributed by atoms with Crippen molar-refractivity contribution in [1.82, 2.24) is 5.32 Å². The Morgan fingerprint density at radius 2 is 1.80 bits per heavy atom. The second-order valence-electron chi connectivity index (χ2n) is 7.57. The van der Waals surface area contributed by atoms with Crippen LogP contribution in [0.25, 0.3) is 0 Å². The fraction of sp³-hybridized carbons (Fsp3) is 0.292. The van der Waals surface area contributed by atoms with Crippen molar-refractivity contribution in [3.05, 3.63) is 82.8 Å². The number of ketones is 1. The van der Waals surface area contributed by atoms with E-state index in [0.29, 0.717) is 23.3 Å². The first-order valence-corrected chi connectivity index (χ1v) is 10.0. The molecule has 0 aromatic heterocycles. The number of benzene rings is 2. The summed E-state index contributed by atoms with van der Waals surface area (Å²) in [4.78, 5) is 38.9. The molecule has 1 aliphatic carbocycles. The molecule has 0 bridgehead atoms. The van der Waals surface area contributed by atoms with Gasteiger partial charge in [-0.25, -0.2) is 4.39 Å². The number of carbonyl (C=O) groups is 3. The topological polar surface area (TPSA) is 72.5 Å². The van der Waals surface area contributed by atoms with E-state index in [0.717, 1.165) is 5.56 Å². The van der Waals surface area contributed by atoms with Gasteiger partial charge in [-0.15, -0.1) is 0 Å². The normalized spacial score (nSPS) is 23.6. The van der Waals surface area contributed by atoms with E-state index in [1.807, 2.05) is 30.3 Å². The Labute approximate surface area is 173 Å². The molecule has 154 valence electrons. The van der Waals surface area contributed by atoms with E-state index in [9.17, 15) is 18.8 Å². The van der Waals surface area contributed by atoms with Gasteiger partial charge in [-0.3, -0.25) is 14.4 Å². The number of carbonyl (C=O) groups excluding carboxylic acids is 3. The summed E-state index contributed by atoms with van der Waals surface area (Å²) in [5.41, 5.74) is 2.27. The first kappa shape index (κ1) is 20.0. The molecule has 6 heteroatoms. The number of hydrogen-bond acceptors (Lipinski definition) is 4. The highest BCUT2D eigenvalue weighted by Gasteiger charge is 2.47. The molecule has 2 aromatic rings. The molecule has 0 saturated heterocycles. The monoisotopic (exact) mass is 407 g/mol. The predicted octanol–water partition coefficient (Wildman–Crippen LogP) is 3.62. The second kappa shape index (κ2) is 8.22. The molecule has 5 nitrogen and oxygen atoms in total. The molecule has 2 aliphatic rings. The lowest BCUT2D eigenvalue weighted by Gasteiger charge is -2.38. The second-order valence-corrected chi connectivity index (χ2v) is 7.57. The van der Waals surface area contributed by atoms with E-state index >= 15 is 0 Å². The summed E-state index contributed by atoms with van der Waals surface area (Å²) in [7, 11) is 0. The lowest BCUT2D eigenvalue weighted by Crippen LogP contribution is -2.44. The molecule has 3 atom stereocenters. The molecule has 0 saturated carbocycles. The molecule has 0 spiro atoms. The molecule has 0 radical (unpaired) electrons. The number of halogens is 1. The highest BCUT2D eigenvalue weighted by molar-refractivity contribution is 6.12. The first-order valence-electron chi connectivity index (χ1n) is 10.0. The zero-order chi connectivity index (χ0) is 21.3. The number of ether oxygens (including phenoxy) is 1. The van der Waals surface area contributed by atoms with Crippen molar-refractivity contribution in [3.63, 3.8) is 0 Å². The molecule has 0 unspecified atom stereocenters. The Hall–Kier alpha value is -3.28. The van der Waals surface area contributed by atoms with E-state index in [2.05, 4.69) is 5.32 Å². The lowest BCUT2D eigenvalue weighted by atomic mass is 9.68. The molecule has 30 heavy (non-hydrogen) atoms. The van der Waals surface area contributed by atoms with Crippen molar-refractivity contribution < 1.29 is 23.5 Å². The smallest absolute Gasteiger partial charge is 0.317 e. The summed E-state index contributed by atoms with van der Waals surface area (Å²) in [6, 6.07) is 15.2. The Morgan fingerprint density at radius 3 is 2.50 bits per heavy atom. The van der Waals surface area contributed by atoms with Gasteiger partial charge in [0, 0.05) is 29.5 Å². The third kappa shape index (κ3) is 3.65. The van der Waals surface area contributed by atoms with Crippen LogP contribution in [0, 0.1) is 11.7 Å². The van der Waals surface area contributed by atoms with Crippen molar-refractivity contribution in [2.45, 2.75) is 31.6 Å². The number of esters is 1. The van der Waals surface area contributed by atoms with Crippen molar-refractivity contribution in [1.29, 1.82) is 0 Å². The molecular weight excluding hydrogens is 385 g/mol. The van der Waals surface area contributed by atoms with Gasteiger partial charge in [0.15, 0.2) is 5.78 Å². The summed E-state index contributed by atoms with van der Waals surface area (Å²) >= 11 is 0. The van der Waals surface area contributed by atoms with E-state index in [1.165, 1.54) is 12.1 Å². The third-order valence-corrected chi connectivity index (χ3v) is 5.75. The molecule has 4 rings (SSSR count). The van der Waals surface area contributed by atoms with Gasteiger partial charge in [-0.05, 0) is 36.6 Å². The van der Waals surface area contributed by atoms with Crippen molar-refractivity contribution >= 4 is 17.7 Å². The van der Waals surface area contributed by atoms with Crippen LogP contribution in [0.1, 0.15) is 42.7 Å². The van der Waals surface area contributed by atoms with Gasteiger partial charge in [-0.1, -0.05) is 42.5 Å². The van der Waals surface area contributed by atoms with Crippen LogP contribution < -0.4 is 5.32 Å². The summed E-state index contributed by atoms with van der Waals surface area (Å²) in [6.07, 6.45) is 0.353. The number of amides is 1. The zero-order valence-electron chi connectivity index (χ0n) is 16.6. The Morgan fingerprint density at radius 1 is 1.07 bits per heavy atom. The van der Waals surface area contributed by atoms with E-state index in [4.69, 9.17) is 4.74 Å². The molecule has 1 amide bonds. The summed E-state index contributed by atoms with van der Waals surface area (Å²) < 4.78 is 19.1. The van der Waals surface area contributed by atoms with E-state index in [1.54, 1.807) is 19.1 Å². The maximum atomic E-state index is 13.9. The van der Waals surface area contributed by atoms with Crippen LogP contribution in [-0.4, -0.2) is 24.3 Å². The van der Waals surface area contributed by atoms with Crippen LogP contribution in [0.2, 0.25) is 0 Å². The highest BCUT2D eigenvalue weighted by Crippen LogP contribution is 2.45. The average molecular weight is 407 g/mol. The van der Waals surface area contributed by atoms with Gasteiger partial charge in [0.1, 0.15) is 11.7 Å². The molecular formula is C24H22FNO4. The Balaban J connectivity index is 1.82. The fourth-order valence-corrected chi connectivity index (χ4v) is 4.48. The fourth-order valence-electron chi connectivity index (χ4n) is 4.48. The summed E-state index contributed by atoms with van der Waals surface area (Å²) in [5.74, 6) is -3.63. The van der Waals surface area contributed by atoms with E-state index < -0.39 is 29.5 Å². The van der Waals surface area contributed by atoms with Crippen molar-refractivity contribution in [2.24, 2.45) is 5.92 Å². The Bertz CT molecular complexity index is 1030. The lowest BCUT2D eigenvalue weighted by molar-refractivity contribution is -0.152. The zero-order valence-corrected chi connectivity index (χ0v) is 16.6. The molecule has 0 fully saturated rings. The van der Waals surface area contributed by atoms with Gasteiger partial charge in [0.05, 0.1) is 6.61 Å². The van der Waals surface area contributed by atoms with Gasteiger partial charge >= 0.3 is 5.97 Å². The predicted molar refractivity (Wildman–Crippen MR) is 108 cm³/mol. The molecule has 2 aromatic carbocycles. The molecule has 1 aliphatic heterocycles. The van der Waals surface area contributed by atoms with Crippen LogP contribution in [-0.2, 0) is 19.1 Å². The maximum Gasteiger partial charge on any atom is 0.317 e. The number of rotatable bonds is 4. The average Bonchev–Trinajstić information content (AvgIpc) is 2.73. The number of Topliss-reactive ketones (excluding diaryl/α,β-unsaturated/α-hetero) is 1. The van der Waals surface area contributed by atoms with Gasteiger partial charge in [-0.2, -0.15) is 0 Å². The van der Waals surface area contributed by atoms with Crippen molar-refractivity contribution in [2.75, 3.05) is 6.61 Å². The van der Waals surface area contributed by atoms with Crippen LogP contribution in [0.3, 0.4) is 0 Å². The largest absolute Gasteiger partial charge is 0.465 e. The summed E-state index contributed by atoms with van der Waals surface area (Å²) in [6.45, 7) is 1.86. The standard InChI is InChI=1S/C24H22FNO4/c1-2-30-24(29)22-17(14-7-4-3-5-8-14)12-19-21(23(22)28)18(13-20(27)26-19)15-9-6-10-16(25)11-15/h3-11,17-18,22H,2,12-13H2,1H3,(H,26,27)/t17-,18+,22+/m1/s1. The van der Waals surface area contributed by atoms with Crippen LogP contribution in [0.5, 0.6) is 0 Å². The van der Waals surface area contributed by atoms with Crippen LogP contribution >= 0.6 is 0 Å². The minimum Gasteiger partial charge on any atom is -0.465 e. The van der Waals surface area contributed by atoms with Crippen LogP contribution in [0.15, 0.2) is 65.9 Å². The van der Waals surface area contributed by atoms with Crippen LogP contribution in [0.4, 0.5) is 4.39 Å². The Kier molecular flexibility index (Phi) is 5.48. The molecule has 1 heterocycles. The van der Waals surface area contributed by atoms with Gasteiger partial charge in [0.25, 0.3) is 0 Å². The maximum absolute atomic E-state index is 13.9. The number of allylic oxidation sites excluding steroid dienone is 2.